The molecule has 15 rings (SSSR count). The van der Waals surface area contributed by atoms with Crippen LogP contribution in [0.5, 0.6) is 0 Å². The Bertz CT molecular complexity index is 3300. The van der Waals surface area contributed by atoms with Crippen molar-refractivity contribution < 1.29 is 0 Å². The average molecular weight is 797 g/mol. The molecule has 0 saturated heterocycles. The minimum Gasteiger partial charge on any atom is -0.309 e. The van der Waals surface area contributed by atoms with Crippen molar-refractivity contribution in [3.05, 3.63) is 241 Å². The first kappa shape index (κ1) is 35.7. The summed E-state index contributed by atoms with van der Waals surface area (Å²) in [6.45, 7) is 0. The molecule has 0 N–H and O–H groups in total. The molecule has 0 saturated carbocycles. The van der Waals surface area contributed by atoms with E-state index in [9.17, 15) is 0 Å². The van der Waals surface area contributed by atoms with E-state index in [1.54, 1.807) is 0 Å². The van der Waals surface area contributed by atoms with Crippen molar-refractivity contribution in [3.8, 4) is 11.4 Å². The summed E-state index contributed by atoms with van der Waals surface area (Å²) < 4.78 is 5.07. The third-order valence-electron chi connectivity index (χ3n) is 13.4. The molecule has 4 aliphatic carbocycles. The second kappa shape index (κ2) is 14.5. The zero-order chi connectivity index (χ0) is 40.3. The summed E-state index contributed by atoms with van der Waals surface area (Å²) in [7, 11) is -2.73. The summed E-state index contributed by atoms with van der Waals surface area (Å²) in [6.07, 6.45) is 4.06. The fourth-order valence-electron chi connectivity index (χ4n) is 10.7. The van der Waals surface area contributed by atoms with Crippen LogP contribution >= 0.6 is 0 Å². The molecule has 2 aromatic heterocycles. The highest BCUT2D eigenvalue weighted by molar-refractivity contribution is 7.19. The van der Waals surface area contributed by atoms with Crippen molar-refractivity contribution in [1.82, 2.24) is 9.13 Å². The minimum absolute atomic E-state index is 0.990. The largest absolute Gasteiger partial charge is 0.309 e. The molecule has 3 heteroatoms. The Hall–Kier alpha value is -7.20. The quantitative estimate of drug-likeness (QED) is 0.117. The molecular formula is C58H44N2Si. The Morgan fingerprint density at radius 2 is 0.803 bits per heavy atom. The van der Waals surface area contributed by atoms with Gasteiger partial charge in [0.05, 0.1) is 22.1 Å². The first-order valence-electron chi connectivity index (χ1n) is 21.7. The molecule has 2 heterocycles. The van der Waals surface area contributed by atoms with Gasteiger partial charge < -0.3 is 9.13 Å². The van der Waals surface area contributed by atoms with Gasteiger partial charge in [0.1, 0.15) is 0 Å². The van der Waals surface area contributed by atoms with Crippen LogP contribution in [0.3, 0.4) is 0 Å². The van der Waals surface area contributed by atoms with Crippen LogP contribution < -0.4 is 20.7 Å². The van der Waals surface area contributed by atoms with E-state index in [-0.39, 0.29) is 0 Å². The number of aryl methyl sites for hydroxylation is 4. The van der Waals surface area contributed by atoms with Gasteiger partial charge in [0.15, 0.2) is 8.07 Å². The van der Waals surface area contributed by atoms with Crippen molar-refractivity contribution in [1.29, 1.82) is 0 Å². The van der Waals surface area contributed by atoms with Gasteiger partial charge in [0.2, 0.25) is 0 Å². The summed E-state index contributed by atoms with van der Waals surface area (Å²) in [4.78, 5) is 0. The summed E-state index contributed by atoms with van der Waals surface area (Å²) in [5, 5.41) is 10.7. The van der Waals surface area contributed by atoms with Crippen LogP contribution in [0.25, 0.3) is 55.0 Å². The zero-order valence-corrected chi connectivity index (χ0v) is 35.0. The monoisotopic (exact) mass is 796 g/mol. The Morgan fingerprint density at radius 3 is 1.44 bits per heavy atom. The van der Waals surface area contributed by atoms with E-state index >= 15 is 0 Å². The van der Waals surface area contributed by atoms with Gasteiger partial charge in [-0.3, -0.25) is 0 Å². The number of hydrogen-bond donors (Lipinski definition) is 0. The lowest BCUT2D eigenvalue weighted by Crippen LogP contribution is -2.74. The van der Waals surface area contributed by atoms with Crippen LogP contribution in [0, 0.1) is 0 Å². The van der Waals surface area contributed by atoms with Gasteiger partial charge in [-0.15, -0.1) is 0 Å². The predicted octanol–water partition coefficient (Wildman–Crippen LogP) is 11.1. The van der Waals surface area contributed by atoms with Crippen LogP contribution in [0.15, 0.2) is 218 Å². The zero-order valence-electron chi connectivity index (χ0n) is 34.0. The molecule has 0 unspecified atom stereocenters. The Balaban J connectivity index is 1.08. The molecule has 11 aromatic rings. The van der Waals surface area contributed by atoms with Gasteiger partial charge in [-0.2, -0.15) is 0 Å². The van der Waals surface area contributed by atoms with Gasteiger partial charge in [0.25, 0.3) is 0 Å². The average Bonchev–Trinajstić information content (AvgIpc) is 3.85. The maximum Gasteiger partial charge on any atom is 0.179 e. The highest BCUT2D eigenvalue weighted by Gasteiger charge is 2.41. The van der Waals surface area contributed by atoms with E-state index in [2.05, 4.69) is 228 Å². The molecule has 9 aromatic carbocycles. The molecule has 0 radical (unpaired) electrons. The van der Waals surface area contributed by atoms with Crippen molar-refractivity contribution in [2.45, 2.75) is 25.7 Å². The number of benzene rings is 9. The molecule has 4 aliphatic rings. The SMILES string of the molecule is c1ccc([Si](c2ccccc2)(c2ccccc2)c2cccc(-n3c4ccccc4c4cc(-n5c6ccccc6c6c7ccc(c65)CCc5ccc(cc5)CC7)ccc43)c2)cc1. The van der Waals surface area contributed by atoms with Crippen LogP contribution in [0.1, 0.15) is 22.3 Å². The lowest BCUT2D eigenvalue weighted by molar-refractivity contribution is 0.929. The smallest absolute Gasteiger partial charge is 0.179 e. The normalized spacial score (nSPS) is 13.0. The molecule has 61 heavy (non-hydrogen) atoms. The predicted molar refractivity (Wildman–Crippen MR) is 260 cm³/mol. The number of hydrogen-bond acceptors (Lipinski definition) is 0. The standard InChI is InChI=1S/C58H44N2Si/c1-4-16-47(17-5-1)61(48-18-6-2-7-19-48,49-20-8-3-9-21-49)50-22-14-15-45(39-50)59-54-25-12-10-23-51(54)53-40-46(37-38-56(53)59)60-55-26-13-11-24-52(55)57-43-33-31-41-27-29-42(30-28-41)32-34-44(36-35-43)58(57)60/h1-30,35-40H,31-34H2. The molecule has 0 fully saturated rings. The summed E-state index contributed by atoms with van der Waals surface area (Å²) >= 11 is 0. The number of rotatable bonds is 6. The van der Waals surface area contributed by atoms with Gasteiger partial charge >= 0.3 is 0 Å². The highest BCUT2D eigenvalue weighted by atomic mass is 28.3. The third kappa shape index (κ3) is 5.69. The molecule has 0 aliphatic heterocycles. The molecule has 0 atom stereocenters. The van der Waals surface area contributed by atoms with Gasteiger partial charge in [-0.25, -0.2) is 0 Å². The Morgan fingerprint density at radius 1 is 0.311 bits per heavy atom. The molecular weight excluding hydrogens is 753 g/mol. The summed E-state index contributed by atoms with van der Waals surface area (Å²) in [6, 6.07) is 82.5. The lowest BCUT2D eigenvalue weighted by atomic mass is 9.93. The fourth-order valence-corrected chi connectivity index (χ4v) is 15.5. The van der Waals surface area contributed by atoms with E-state index in [4.69, 9.17) is 0 Å². The van der Waals surface area contributed by atoms with E-state index in [0.29, 0.717) is 0 Å². The molecule has 290 valence electrons. The summed E-state index contributed by atoms with van der Waals surface area (Å²) in [5.41, 5.74) is 13.1. The minimum atomic E-state index is -2.73. The maximum absolute atomic E-state index is 2.73. The van der Waals surface area contributed by atoms with Crippen LogP contribution in [0.2, 0.25) is 0 Å². The van der Waals surface area contributed by atoms with Gasteiger partial charge in [-0.1, -0.05) is 176 Å². The molecule has 4 bridgehead atoms. The van der Waals surface area contributed by atoms with Crippen molar-refractivity contribution in [3.63, 3.8) is 0 Å². The molecule has 0 spiro atoms. The van der Waals surface area contributed by atoms with E-state index < -0.39 is 8.07 Å². The van der Waals surface area contributed by atoms with E-state index in [1.165, 1.54) is 98.0 Å². The topological polar surface area (TPSA) is 9.86 Å². The first-order valence-corrected chi connectivity index (χ1v) is 23.7. The molecule has 2 nitrogen and oxygen atoms in total. The number of fused-ring (bicyclic) bond motifs is 4. The number of aromatic nitrogens is 2. The lowest BCUT2D eigenvalue weighted by Gasteiger charge is -2.34. The van der Waals surface area contributed by atoms with Crippen LogP contribution in [-0.4, -0.2) is 17.2 Å². The van der Waals surface area contributed by atoms with Crippen LogP contribution in [0.4, 0.5) is 0 Å². The van der Waals surface area contributed by atoms with Crippen molar-refractivity contribution in [2.24, 2.45) is 0 Å². The van der Waals surface area contributed by atoms with Gasteiger partial charge in [0, 0.05) is 32.9 Å². The first-order chi connectivity index (χ1) is 30.3. The second-order valence-corrected chi connectivity index (χ2v) is 20.5. The highest BCUT2D eigenvalue weighted by Crippen LogP contribution is 2.40. The van der Waals surface area contributed by atoms with E-state index in [0.717, 1.165) is 25.7 Å². The van der Waals surface area contributed by atoms with Crippen molar-refractivity contribution in [2.75, 3.05) is 0 Å². The Labute approximate surface area is 357 Å². The number of para-hydroxylation sites is 2. The molecule has 0 amide bonds. The van der Waals surface area contributed by atoms with Crippen molar-refractivity contribution >= 4 is 72.4 Å². The fraction of sp³-hybridized carbons (Fsp3) is 0.0690. The maximum atomic E-state index is 2.57. The Kier molecular flexibility index (Phi) is 8.50. The van der Waals surface area contributed by atoms with E-state index in [1.807, 2.05) is 0 Å². The number of nitrogens with zero attached hydrogens (tertiary/aromatic N) is 2. The van der Waals surface area contributed by atoms with Gasteiger partial charge in [-0.05, 0) is 111 Å². The van der Waals surface area contributed by atoms with Crippen LogP contribution in [-0.2, 0) is 25.7 Å². The second-order valence-electron chi connectivity index (χ2n) is 16.7. The third-order valence-corrected chi connectivity index (χ3v) is 18.2. The summed E-state index contributed by atoms with van der Waals surface area (Å²) in [5.74, 6) is 0.